The number of aliphatic hydroxyl groups is 2. The minimum Gasteiger partial charge on any atom is -0.467 e. The predicted molar refractivity (Wildman–Crippen MR) is 72.7 cm³/mol. The van der Waals surface area contributed by atoms with E-state index in [9.17, 15) is 15.0 Å². The summed E-state index contributed by atoms with van der Waals surface area (Å²) in [6.07, 6.45) is -6.01. The zero-order valence-electron chi connectivity index (χ0n) is 12.0. The Kier molecular flexibility index (Phi) is 4.42. The molecule has 0 spiro atoms. The fourth-order valence-corrected chi connectivity index (χ4v) is 2.70. The lowest BCUT2D eigenvalue weighted by Gasteiger charge is -2.45. The monoisotopic (exact) mass is 310 g/mol. The van der Waals surface area contributed by atoms with Crippen molar-refractivity contribution in [3.05, 3.63) is 35.9 Å². The molecule has 1 aromatic carbocycles. The Labute approximate surface area is 127 Å². The van der Waals surface area contributed by atoms with Crippen LogP contribution in [0.25, 0.3) is 0 Å². The molecule has 0 radical (unpaired) electrons. The van der Waals surface area contributed by atoms with Gasteiger partial charge in [0.15, 0.2) is 12.4 Å². The van der Waals surface area contributed by atoms with Crippen molar-refractivity contribution in [2.75, 3.05) is 13.7 Å². The van der Waals surface area contributed by atoms with Gasteiger partial charge < -0.3 is 29.2 Å². The maximum atomic E-state index is 11.6. The van der Waals surface area contributed by atoms with E-state index in [1.165, 1.54) is 7.11 Å². The van der Waals surface area contributed by atoms with Crippen LogP contribution in [0.1, 0.15) is 11.9 Å². The molecule has 0 unspecified atom stereocenters. The first-order valence-corrected chi connectivity index (χ1v) is 7.03. The summed E-state index contributed by atoms with van der Waals surface area (Å²) in [6, 6.07) is 9.26. The molecule has 0 saturated carbocycles. The van der Waals surface area contributed by atoms with Crippen LogP contribution in [-0.4, -0.2) is 60.4 Å². The van der Waals surface area contributed by atoms with Crippen LogP contribution in [0.4, 0.5) is 0 Å². The predicted octanol–water partition coefficient (Wildman–Crippen LogP) is -0.237. The molecule has 2 heterocycles. The lowest BCUT2D eigenvalue weighted by Crippen LogP contribution is -2.63. The number of carbonyl (C=O) groups is 1. The highest BCUT2D eigenvalue weighted by atomic mass is 16.7. The first-order chi connectivity index (χ1) is 10.6. The van der Waals surface area contributed by atoms with Gasteiger partial charge in [0.1, 0.15) is 24.4 Å². The van der Waals surface area contributed by atoms with Gasteiger partial charge in [0.05, 0.1) is 13.7 Å². The van der Waals surface area contributed by atoms with Crippen LogP contribution in [0.3, 0.4) is 0 Å². The Balaban J connectivity index is 1.74. The van der Waals surface area contributed by atoms with Crippen molar-refractivity contribution in [1.29, 1.82) is 0 Å². The number of fused-ring (bicyclic) bond motifs is 1. The number of benzene rings is 1. The smallest absolute Gasteiger partial charge is 0.337 e. The normalized spacial score (nSPS) is 38.1. The molecular weight excluding hydrogens is 292 g/mol. The van der Waals surface area contributed by atoms with Crippen molar-refractivity contribution in [2.45, 2.75) is 36.8 Å². The lowest BCUT2D eigenvalue weighted by atomic mass is 9.94. The summed E-state index contributed by atoms with van der Waals surface area (Å²) in [6.45, 7) is 0.140. The van der Waals surface area contributed by atoms with E-state index in [1.807, 2.05) is 30.3 Å². The second-order valence-electron chi connectivity index (χ2n) is 5.28. The van der Waals surface area contributed by atoms with E-state index in [-0.39, 0.29) is 6.61 Å². The largest absolute Gasteiger partial charge is 0.467 e. The third kappa shape index (κ3) is 2.73. The number of ether oxygens (including phenoxy) is 4. The molecule has 22 heavy (non-hydrogen) atoms. The van der Waals surface area contributed by atoms with E-state index in [4.69, 9.17) is 14.2 Å². The first kappa shape index (κ1) is 15.4. The van der Waals surface area contributed by atoms with Crippen LogP contribution < -0.4 is 0 Å². The zero-order valence-corrected chi connectivity index (χ0v) is 12.0. The van der Waals surface area contributed by atoms with E-state index in [2.05, 4.69) is 4.74 Å². The van der Waals surface area contributed by atoms with Crippen molar-refractivity contribution in [3.63, 3.8) is 0 Å². The van der Waals surface area contributed by atoms with E-state index >= 15 is 0 Å². The van der Waals surface area contributed by atoms with Gasteiger partial charge >= 0.3 is 5.97 Å². The van der Waals surface area contributed by atoms with E-state index in [0.29, 0.717) is 0 Å². The summed E-state index contributed by atoms with van der Waals surface area (Å²) in [5, 5.41) is 20.3. The van der Waals surface area contributed by atoms with Crippen LogP contribution >= 0.6 is 0 Å². The highest BCUT2D eigenvalue weighted by molar-refractivity contribution is 5.75. The lowest BCUT2D eigenvalue weighted by molar-refractivity contribution is -0.326. The molecule has 120 valence electrons. The van der Waals surface area contributed by atoms with Crippen molar-refractivity contribution in [2.24, 2.45) is 0 Å². The molecule has 0 aromatic heterocycles. The Morgan fingerprint density at radius 2 is 1.91 bits per heavy atom. The molecule has 2 aliphatic heterocycles. The third-order valence-electron chi connectivity index (χ3n) is 3.88. The van der Waals surface area contributed by atoms with Crippen LogP contribution in [0.5, 0.6) is 0 Å². The maximum absolute atomic E-state index is 11.6. The second-order valence-corrected chi connectivity index (χ2v) is 5.28. The molecule has 1 aromatic rings. The topological polar surface area (TPSA) is 94.5 Å². The van der Waals surface area contributed by atoms with E-state index < -0.39 is 42.8 Å². The minimum absolute atomic E-state index is 0.140. The molecule has 2 aliphatic rings. The van der Waals surface area contributed by atoms with Crippen molar-refractivity contribution >= 4 is 5.97 Å². The van der Waals surface area contributed by atoms with Crippen LogP contribution in [-0.2, 0) is 23.7 Å². The second kappa shape index (κ2) is 6.31. The summed E-state index contributed by atoms with van der Waals surface area (Å²) >= 11 is 0. The maximum Gasteiger partial charge on any atom is 0.337 e. The standard InChI is InChI=1S/C15H18O7/c1-19-14(18)13-11(17)10(16)12-9(21-13)7-20-15(22-12)8-5-3-2-4-6-8/h2-6,9-13,15-17H,7H2,1H3/t9-,10-,11-,12+,13-,15-/m1/s1. The van der Waals surface area contributed by atoms with Gasteiger partial charge in [-0.15, -0.1) is 0 Å². The summed E-state index contributed by atoms with van der Waals surface area (Å²) in [7, 11) is 1.19. The van der Waals surface area contributed by atoms with Crippen LogP contribution in [0.2, 0.25) is 0 Å². The number of methoxy groups -OCH3 is 1. The molecule has 2 saturated heterocycles. The molecule has 2 fully saturated rings. The van der Waals surface area contributed by atoms with E-state index in [0.717, 1.165) is 5.56 Å². The molecule has 0 aliphatic carbocycles. The average Bonchev–Trinajstić information content (AvgIpc) is 2.58. The van der Waals surface area contributed by atoms with E-state index in [1.54, 1.807) is 0 Å². The zero-order chi connectivity index (χ0) is 15.7. The third-order valence-corrected chi connectivity index (χ3v) is 3.88. The Bertz CT molecular complexity index is 518. The highest BCUT2D eigenvalue weighted by Crippen LogP contribution is 2.34. The van der Waals surface area contributed by atoms with Gasteiger partial charge in [-0.1, -0.05) is 30.3 Å². The summed E-state index contributed by atoms with van der Waals surface area (Å²) in [5.74, 6) is -0.741. The number of hydrogen-bond acceptors (Lipinski definition) is 7. The molecule has 7 heteroatoms. The van der Waals surface area contributed by atoms with Crippen molar-refractivity contribution in [1.82, 2.24) is 0 Å². The summed E-state index contributed by atoms with van der Waals surface area (Å²) in [5.41, 5.74) is 0.803. The van der Waals surface area contributed by atoms with Gasteiger partial charge in [-0.05, 0) is 0 Å². The van der Waals surface area contributed by atoms with Gasteiger partial charge in [0.25, 0.3) is 0 Å². The number of carbonyl (C=O) groups excluding carboxylic acids is 1. The molecular formula is C15H18O7. The molecule has 6 atom stereocenters. The van der Waals surface area contributed by atoms with Gasteiger partial charge in [-0.2, -0.15) is 0 Å². The van der Waals surface area contributed by atoms with Gasteiger partial charge in [-0.3, -0.25) is 0 Å². The summed E-state index contributed by atoms with van der Waals surface area (Å²) < 4.78 is 21.3. The highest BCUT2D eigenvalue weighted by Gasteiger charge is 2.51. The van der Waals surface area contributed by atoms with Crippen molar-refractivity contribution < 1.29 is 34.0 Å². The fraction of sp³-hybridized carbons (Fsp3) is 0.533. The van der Waals surface area contributed by atoms with Crippen molar-refractivity contribution in [3.8, 4) is 0 Å². The molecule has 3 rings (SSSR count). The molecule has 7 nitrogen and oxygen atoms in total. The van der Waals surface area contributed by atoms with Gasteiger partial charge in [0.2, 0.25) is 0 Å². The van der Waals surface area contributed by atoms with Gasteiger partial charge in [-0.25, -0.2) is 4.79 Å². The average molecular weight is 310 g/mol. The Morgan fingerprint density at radius 1 is 1.18 bits per heavy atom. The number of esters is 1. The molecule has 0 bridgehead atoms. The number of hydrogen-bond donors (Lipinski definition) is 2. The first-order valence-electron chi connectivity index (χ1n) is 7.03. The summed E-state index contributed by atoms with van der Waals surface area (Å²) in [4.78, 5) is 11.6. The minimum atomic E-state index is -1.41. The fourth-order valence-electron chi connectivity index (χ4n) is 2.70. The Hall–Kier alpha value is -1.51. The molecule has 2 N–H and O–H groups in total. The van der Waals surface area contributed by atoms with Crippen LogP contribution in [0, 0.1) is 0 Å². The quantitative estimate of drug-likeness (QED) is 0.728. The Morgan fingerprint density at radius 3 is 2.59 bits per heavy atom. The SMILES string of the molecule is COC(=O)[C@@H]1O[C@@H]2CO[C@@H](c3ccccc3)O[C@@H]2[C@H](O)[C@H]1O. The molecule has 0 amide bonds. The number of rotatable bonds is 2. The van der Waals surface area contributed by atoms with Crippen LogP contribution in [0.15, 0.2) is 30.3 Å². The van der Waals surface area contributed by atoms with Gasteiger partial charge in [0, 0.05) is 5.56 Å². The number of aliphatic hydroxyl groups excluding tert-OH is 2.